The second-order valence-corrected chi connectivity index (χ2v) is 5.45. The maximum absolute atomic E-state index is 9.34. The van der Waals surface area contributed by atoms with Crippen molar-refractivity contribution in [1.82, 2.24) is 0 Å². The van der Waals surface area contributed by atoms with Crippen LogP contribution in [-0.4, -0.2) is 11.2 Å². The zero-order valence-corrected chi connectivity index (χ0v) is 9.13. The fourth-order valence-corrected chi connectivity index (χ4v) is 3.39. The molecular weight excluding hydrogens is 206 g/mol. The van der Waals surface area contributed by atoms with Crippen LogP contribution in [0, 0.1) is 0 Å². The van der Waals surface area contributed by atoms with Crippen molar-refractivity contribution in [3.63, 3.8) is 0 Å². The fourth-order valence-electron chi connectivity index (χ4n) is 2.21. The molecule has 0 atom stereocenters. The Morgan fingerprint density at radius 2 is 2.07 bits per heavy atom. The lowest BCUT2D eigenvalue weighted by Crippen LogP contribution is -2.51. The van der Waals surface area contributed by atoms with Gasteiger partial charge < -0.3 is 10.8 Å². The third kappa shape index (κ3) is 1.39. The van der Waals surface area contributed by atoms with E-state index in [9.17, 15) is 5.11 Å². The van der Waals surface area contributed by atoms with Crippen molar-refractivity contribution in [3.05, 3.63) is 35.2 Å². The molecule has 3 heteroatoms. The molecule has 0 unspecified atom stereocenters. The first-order valence-corrected chi connectivity index (χ1v) is 5.95. The number of rotatable bonds is 1. The van der Waals surface area contributed by atoms with Crippen LogP contribution in [-0.2, 0) is 5.54 Å². The molecule has 1 saturated carbocycles. The van der Waals surface area contributed by atoms with Gasteiger partial charge in [-0.15, -0.1) is 11.3 Å². The number of hydrogen-bond acceptors (Lipinski definition) is 3. The Kier molecular flexibility index (Phi) is 1.89. The predicted molar refractivity (Wildman–Crippen MR) is 62.9 cm³/mol. The molecule has 1 fully saturated rings. The van der Waals surface area contributed by atoms with Gasteiger partial charge in [-0.05, 0) is 30.4 Å². The van der Waals surface area contributed by atoms with Gasteiger partial charge in [0.15, 0.2) is 0 Å². The molecule has 1 aliphatic rings. The maximum Gasteiger partial charge on any atom is 0.0582 e. The number of aliphatic hydroxyl groups excluding tert-OH is 1. The Morgan fingerprint density at radius 3 is 2.73 bits per heavy atom. The summed E-state index contributed by atoms with van der Waals surface area (Å²) in [5, 5.41) is 10.6. The number of hydrogen-bond donors (Lipinski definition) is 2. The summed E-state index contributed by atoms with van der Waals surface area (Å²) in [7, 11) is 0. The molecule has 1 aromatic carbocycles. The van der Waals surface area contributed by atoms with Gasteiger partial charge in [0.25, 0.3) is 0 Å². The number of thiophene rings is 1. The van der Waals surface area contributed by atoms with Crippen LogP contribution in [0.3, 0.4) is 0 Å². The quantitative estimate of drug-likeness (QED) is 0.772. The van der Waals surface area contributed by atoms with E-state index in [0.29, 0.717) is 12.8 Å². The predicted octanol–water partition coefficient (Wildman–Crippen LogP) is 2.21. The third-order valence-electron chi connectivity index (χ3n) is 3.12. The van der Waals surface area contributed by atoms with Gasteiger partial charge in [-0.2, -0.15) is 0 Å². The summed E-state index contributed by atoms with van der Waals surface area (Å²) >= 11 is 1.75. The summed E-state index contributed by atoms with van der Waals surface area (Å²) in [6.45, 7) is 0. The highest BCUT2D eigenvalue weighted by molar-refractivity contribution is 7.19. The van der Waals surface area contributed by atoms with E-state index in [1.54, 1.807) is 11.3 Å². The SMILES string of the molecule is NC1(c2cc3ccccc3s2)CC(O)C1. The lowest BCUT2D eigenvalue weighted by Gasteiger charge is -2.41. The monoisotopic (exact) mass is 219 g/mol. The topological polar surface area (TPSA) is 46.2 Å². The summed E-state index contributed by atoms with van der Waals surface area (Å²) in [6, 6.07) is 10.5. The molecule has 1 aromatic heterocycles. The van der Waals surface area contributed by atoms with Crippen LogP contribution in [0.25, 0.3) is 10.1 Å². The van der Waals surface area contributed by atoms with E-state index in [1.165, 1.54) is 15.0 Å². The Bertz CT molecular complexity index is 466. The fraction of sp³-hybridized carbons (Fsp3) is 0.333. The second-order valence-electron chi connectivity index (χ2n) is 4.37. The van der Waals surface area contributed by atoms with Crippen molar-refractivity contribution in [2.45, 2.75) is 24.5 Å². The summed E-state index contributed by atoms with van der Waals surface area (Å²) in [4.78, 5) is 1.20. The zero-order valence-electron chi connectivity index (χ0n) is 8.31. The minimum absolute atomic E-state index is 0.208. The molecule has 1 aliphatic carbocycles. The summed E-state index contributed by atoms with van der Waals surface area (Å²) in [5.41, 5.74) is 5.95. The van der Waals surface area contributed by atoms with Crippen molar-refractivity contribution in [1.29, 1.82) is 0 Å². The van der Waals surface area contributed by atoms with E-state index >= 15 is 0 Å². The molecule has 0 spiro atoms. The Balaban J connectivity index is 2.05. The number of benzene rings is 1. The Hall–Kier alpha value is -0.900. The van der Waals surface area contributed by atoms with E-state index < -0.39 is 0 Å². The van der Waals surface area contributed by atoms with Crippen LogP contribution < -0.4 is 5.73 Å². The number of fused-ring (bicyclic) bond motifs is 1. The normalized spacial score (nSPS) is 30.4. The van der Waals surface area contributed by atoms with Crippen LogP contribution in [0.15, 0.2) is 30.3 Å². The van der Waals surface area contributed by atoms with Crippen molar-refractivity contribution in [2.24, 2.45) is 5.73 Å². The van der Waals surface area contributed by atoms with Crippen LogP contribution in [0.2, 0.25) is 0 Å². The first-order chi connectivity index (χ1) is 7.17. The van der Waals surface area contributed by atoms with Crippen LogP contribution >= 0.6 is 11.3 Å². The lowest BCUT2D eigenvalue weighted by atomic mass is 9.74. The summed E-state index contributed by atoms with van der Waals surface area (Å²) in [5.74, 6) is 0. The van der Waals surface area contributed by atoms with Crippen LogP contribution in [0.4, 0.5) is 0 Å². The van der Waals surface area contributed by atoms with Crippen molar-refractivity contribution in [2.75, 3.05) is 0 Å². The van der Waals surface area contributed by atoms with E-state index in [1.807, 2.05) is 12.1 Å². The molecule has 1 heterocycles. The van der Waals surface area contributed by atoms with Crippen molar-refractivity contribution in [3.8, 4) is 0 Å². The van der Waals surface area contributed by atoms with E-state index in [-0.39, 0.29) is 11.6 Å². The van der Waals surface area contributed by atoms with Gasteiger partial charge in [0.2, 0.25) is 0 Å². The summed E-state index contributed by atoms with van der Waals surface area (Å²) < 4.78 is 1.28. The van der Waals surface area contributed by atoms with Gasteiger partial charge in [-0.3, -0.25) is 0 Å². The largest absolute Gasteiger partial charge is 0.393 e. The summed E-state index contributed by atoms with van der Waals surface area (Å²) in [6.07, 6.45) is 1.18. The van der Waals surface area contributed by atoms with Gasteiger partial charge >= 0.3 is 0 Å². The average molecular weight is 219 g/mol. The molecule has 0 amide bonds. The van der Waals surface area contributed by atoms with Gasteiger partial charge in [0, 0.05) is 9.58 Å². The molecule has 0 saturated heterocycles. The first kappa shape index (κ1) is 9.33. The minimum Gasteiger partial charge on any atom is -0.393 e. The van der Waals surface area contributed by atoms with E-state index in [2.05, 4.69) is 18.2 Å². The molecule has 3 rings (SSSR count). The van der Waals surface area contributed by atoms with Crippen molar-refractivity contribution >= 4 is 21.4 Å². The molecule has 2 nitrogen and oxygen atoms in total. The smallest absolute Gasteiger partial charge is 0.0582 e. The third-order valence-corrected chi connectivity index (χ3v) is 4.45. The van der Waals surface area contributed by atoms with Crippen molar-refractivity contribution < 1.29 is 5.11 Å². The molecular formula is C12H13NOS. The highest BCUT2D eigenvalue weighted by Gasteiger charge is 2.42. The Labute approximate surface area is 92.3 Å². The van der Waals surface area contributed by atoms with Gasteiger partial charge in [0.1, 0.15) is 0 Å². The van der Waals surface area contributed by atoms with E-state index in [4.69, 9.17) is 5.73 Å². The van der Waals surface area contributed by atoms with E-state index in [0.717, 1.165) is 0 Å². The van der Waals surface area contributed by atoms with Gasteiger partial charge in [-0.25, -0.2) is 0 Å². The zero-order chi connectivity index (χ0) is 10.5. The van der Waals surface area contributed by atoms with Gasteiger partial charge in [-0.1, -0.05) is 18.2 Å². The molecule has 3 N–H and O–H groups in total. The molecule has 2 aromatic rings. The molecule has 0 radical (unpaired) electrons. The molecule has 0 aliphatic heterocycles. The lowest BCUT2D eigenvalue weighted by molar-refractivity contribution is 0.0228. The average Bonchev–Trinajstić information content (AvgIpc) is 2.59. The highest BCUT2D eigenvalue weighted by atomic mass is 32.1. The minimum atomic E-state index is -0.275. The Morgan fingerprint density at radius 1 is 1.33 bits per heavy atom. The highest BCUT2D eigenvalue weighted by Crippen LogP contribution is 2.43. The molecule has 78 valence electrons. The van der Waals surface area contributed by atoms with Crippen LogP contribution in [0.1, 0.15) is 17.7 Å². The molecule has 15 heavy (non-hydrogen) atoms. The second kappa shape index (κ2) is 3.04. The van der Waals surface area contributed by atoms with Crippen LogP contribution in [0.5, 0.6) is 0 Å². The number of aliphatic hydroxyl groups is 1. The van der Waals surface area contributed by atoms with Gasteiger partial charge in [0.05, 0.1) is 11.6 Å². The maximum atomic E-state index is 9.34. The first-order valence-electron chi connectivity index (χ1n) is 5.13. The standard InChI is InChI=1S/C12H13NOS/c13-12(6-9(14)7-12)11-5-8-3-1-2-4-10(8)15-11/h1-5,9,14H,6-7,13H2. The number of nitrogens with two attached hydrogens (primary N) is 1. The molecule has 0 bridgehead atoms.